The Bertz CT molecular complexity index is 1360. The van der Waals surface area contributed by atoms with Crippen molar-refractivity contribution in [2.75, 3.05) is 6.61 Å². The third-order valence-electron chi connectivity index (χ3n) is 10.7. The predicted octanol–water partition coefficient (Wildman–Crippen LogP) is 7.26. The van der Waals surface area contributed by atoms with Gasteiger partial charge in [-0.1, -0.05) is 84.0 Å². The highest BCUT2D eigenvalue weighted by Crippen LogP contribution is 2.61. The van der Waals surface area contributed by atoms with Crippen LogP contribution in [0.5, 0.6) is 5.75 Å². The van der Waals surface area contributed by atoms with E-state index in [0.717, 1.165) is 28.9 Å². The number of hydrogen-bond acceptors (Lipinski definition) is 4. The zero-order valence-electron chi connectivity index (χ0n) is 25.4. The summed E-state index contributed by atoms with van der Waals surface area (Å²) in [6, 6.07) is 19.3. The molecule has 0 radical (unpaired) electrons. The van der Waals surface area contributed by atoms with Crippen molar-refractivity contribution < 1.29 is 14.0 Å². The van der Waals surface area contributed by atoms with E-state index in [2.05, 4.69) is 118 Å². The molecular weight excluding hydrogens is 481 g/mol. The zero-order chi connectivity index (χ0) is 28.4. The van der Waals surface area contributed by atoms with Crippen LogP contribution < -0.4 is 10.2 Å². The maximum absolute atomic E-state index is 6.48. The number of nitrogens with zero attached hydrogens (tertiary/aromatic N) is 1. The van der Waals surface area contributed by atoms with Crippen molar-refractivity contribution in [2.24, 2.45) is 5.41 Å². The van der Waals surface area contributed by atoms with Gasteiger partial charge in [0.15, 0.2) is 0 Å². The fourth-order valence-electron chi connectivity index (χ4n) is 6.03. The molecule has 3 aromatic rings. The van der Waals surface area contributed by atoms with Crippen molar-refractivity contribution in [3.63, 3.8) is 0 Å². The second-order valence-corrected chi connectivity index (χ2v) is 13.9. The molecule has 1 aliphatic carbocycles. The first kappa shape index (κ1) is 27.9. The molecule has 0 spiro atoms. The molecule has 39 heavy (non-hydrogen) atoms. The lowest BCUT2D eigenvalue weighted by atomic mass is 9.59. The first-order valence-electron chi connectivity index (χ1n) is 14.3. The average molecular weight is 526 g/mol. The van der Waals surface area contributed by atoms with Gasteiger partial charge < -0.3 is 14.0 Å². The highest BCUT2D eigenvalue weighted by Gasteiger charge is 2.57. The summed E-state index contributed by atoms with van der Waals surface area (Å²) in [5.41, 5.74) is 6.19. The van der Waals surface area contributed by atoms with Crippen LogP contribution in [0.2, 0.25) is 0 Å². The van der Waals surface area contributed by atoms with Crippen molar-refractivity contribution in [2.45, 2.75) is 97.7 Å². The normalized spacial score (nSPS) is 21.5. The van der Waals surface area contributed by atoms with Gasteiger partial charge in [0, 0.05) is 23.6 Å². The number of hydrogen-bond donors (Lipinski definition) is 0. The standard InChI is InChI=1S/C34H44BNO3/c1-30(2)26-17-16-24(20-27(26)31(3,4)32(30,5)6)29-28(37-19-18-23-14-12-11-13-15-23)21-25(22-36-29)35-38-33(7,8)34(9,10)39-35/h11-17,20-22H,18-19H2,1-10H3. The minimum Gasteiger partial charge on any atom is -0.491 e. The summed E-state index contributed by atoms with van der Waals surface area (Å²) >= 11 is 0. The molecule has 0 atom stereocenters. The Morgan fingerprint density at radius 2 is 1.36 bits per heavy atom. The molecule has 5 rings (SSSR count). The van der Waals surface area contributed by atoms with Gasteiger partial charge in [-0.25, -0.2) is 0 Å². The van der Waals surface area contributed by atoms with E-state index in [0.29, 0.717) is 6.61 Å². The van der Waals surface area contributed by atoms with Crippen LogP contribution in [-0.2, 0) is 26.6 Å². The number of pyridine rings is 1. The summed E-state index contributed by atoms with van der Waals surface area (Å²) in [6.07, 6.45) is 2.70. The van der Waals surface area contributed by atoms with Gasteiger partial charge in [0.05, 0.1) is 17.8 Å². The largest absolute Gasteiger partial charge is 0.496 e. The Labute approximate surface area is 235 Å². The van der Waals surface area contributed by atoms with Gasteiger partial charge in [0.1, 0.15) is 11.4 Å². The monoisotopic (exact) mass is 525 g/mol. The molecule has 0 unspecified atom stereocenters. The summed E-state index contributed by atoms with van der Waals surface area (Å²) in [4.78, 5) is 4.98. The molecule has 0 bridgehead atoms. The molecular formula is C34H44BNO3. The van der Waals surface area contributed by atoms with Crippen LogP contribution in [0.4, 0.5) is 0 Å². The molecule has 1 aliphatic heterocycles. The summed E-state index contributed by atoms with van der Waals surface area (Å²) in [6.45, 7) is 23.1. The minimum absolute atomic E-state index is 0.0127. The molecule has 1 fully saturated rings. The van der Waals surface area contributed by atoms with Crippen molar-refractivity contribution in [3.8, 4) is 17.0 Å². The van der Waals surface area contributed by atoms with E-state index in [9.17, 15) is 0 Å². The Kier molecular flexibility index (Phi) is 6.59. The first-order valence-corrected chi connectivity index (χ1v) is 14.3. The third-order valence-corrected chi connectivity index (χ3v) is 10.7. The predicted molar refractivity (Wildman–Crippen MR) is 161 cm³/mol. The quantitative estimate of drug-likeness (QED) is 0.318. The highest BCUT2D eigenvalue weighted by atomic mass is 16.7. The van der Waals surface area contributed by atoms with Crippen LogP contribution in [0.3, 0.4) is 0 Å². The van der Waals surface area contributed by atoms with Gasteiger partial charge in [-0.15, -0.1) is 0 Å². The molecule has 206 valence electrons. The molecule has 4 nitrogen and oxygen atoms in total. The van der Waals surface area contributed by atoms with Crippen molar-refractivity contribution in [3.05, 3.63) is 77.5 Å². The first-order chi connectivity index (χ1) is 18.1. The van der Waals surface area contributed by atoms with Crippen LogP contribution in [0, 0.1) is 5.41 Å². The highest BCUT2D eigenvalue weighted by molar-refractivity contribution is 6.62. The molecule has 0 saturated carbocycles. The maximum Gasteiger partial charge on any atom is 0.496 e. The van der Waals surface area contributed by atoms with Crippen molar-refractivity contribution >= 4 is 12.6 Å². The fraction of sp³-hybridized carbons (Fsp3) is 0.500. The number of fused-ring (bicyclic) bond motifs is 1. The zero-order valence-corrected chi connectivity index (χ0v) is 25.4. The van der Waals surface area contributed by atoms with Crippen LogP contribution in [0.15, 0.2) is 60.8 Å². The topological polar surface area (TPSA) is 40.6 Å². The lowest BCUT2D eigenvalue weighted by molar-refractivity contribution is 0.00578. The Hall–Kier alpha value is -2.63. The lowest BCUT2D eigenvalue weighted by Gasteiger charge is -2.44. The molecule has 5 heteroatoms. The molecule has 0 N–H and O–H groups in total. The van der Waals surface area contributed by atoms with E-state index >= 15 is 0 Å². The van der Waals surface area contributed by atoms with Gasteiger partial charge in [-0.05, 0) is 72.8 Å². The Morgan fingerprint density at radius 1 is 0.744 bits per heavy atom. The van der Waals surface area contributed by atoms with E-state index in [1.165, 1.54) is 16.7 Å². The summed E-state index contributed by atoms with van der Waals surface area (Å²) in [5, 5.41) is 0. The third kappa shape index (κ3) is 4.42. The van der Waals surface area contributed by atoms with E-state index < -0.39 is 18.3 Å². The maximum atomic E-state index is 6.48. The second-order valence-electron chi connectivity index (χ2n) is 13.9. The molecule has 2 aliphatic rings. The van der Waals surface area contributed by atoms with Crippen LogP contribution >= 0.6 is 0 Å². The Balaban J connectivity index is 1.53. The van der Waals surface area contributed by atoms with Gasteiger partial charge >= 0.3 is 7.12 Å². The number of rotatable bonds is 6. The van der Waals surface area contributed by atoms with Crippen molar-refractivity contribution in [1.82, 2.24) is 4.98 Å². The number of aromatic nitrogens is 1. The molecule has 2 aromatic carbocycles. The van der Waals surface area contributed by atoms with Gasteiger partial charge in [-0.3, -0.25) is 4.98 Å². The molecule has 1 saturated heterocycles. The van der Waals surface area contributed by atoms with Crippen LogP contribution in [0.25, 0.3) is 11.3 Å². The van der Waals surface area contributed by atoms with Gasteiger partial charge in [-0.2, -0.15) is 0 Å². The SMILES string of the molecule is CC1(C)OB(c2cnc(-c3ccc4c(c3)C(C)(C)C(C)(C)C4(C)C)c(OCCc3ccccc3)c2)OC1(C)C. The van der Waals surface area contributed by atoms with E-state index in [1.807, 2.05) is 12.3 Å². The molecule has 0 amide bonds. The number of ether oxygens (including phenoxy) is 1. The fourth-order valence-corrected chi connectivity index (χ4v) is 6.03. The second kappa shape index (κ2) is 9.21. The van der Waals surface area contributed by atoms with E-state index in [1.54, 1.807) is 0 Å². The summed E-state index contributed by atoms with van der Waals surface area (Å²) in [7, 11) is -0.492. The van der Waals surface area contributed by atoms with Crippen LogP contribution in [0.1, 0.15) is 85.9 Å². The number of benzene rings is 2. The minimum atomic E-state index is -0.492. The summed E-state index contributed by atoms with van der Waals surface area (Å²) < 4.78 is 19.2. The lowest BCUT2D eigenvalue weighted by Crippen LogP contribution is -2.42. The Morgan fingerprint density at radius 3 is 2.00 bits per heavy atom. The van der Waals surface area contributed by atoms with Gasteiger partial charge in [0.25, 0.3) is 0 Å². The van der Waals surface area contributed by atoms with Gasteiger partial charge in [0.2, 0.25) is 0 Å². The average Bonchev–Trinajstić information content (AvgIpc) is 3.15. The summed E-state index contributed by atoms with van der Waals surface area (Å²) in [5.74, 6) is 0.757. The van der Waals surface area contributed by atoms with Crippen molar-refractivity contribution in [1.29, 1.82) is 0 Å². The smallest absolute Gasteiger partial charge is 0.491 e. The van der Waals surface area contributed by atoms with E-state index in [-0.39, 0.29) is 16.2 Å². The molecule has 2 heterocycles. The van der Waals surface area contributed by atoms with E-state index in [4.69, 9.17) is 19.0 Å². The molecule has 1 aromatic heterocycles. The van der Waals surface area contributed by atoms with Crippen LogP contribution in [-0.4, -0.2) is 29.9 Å².